The largest absolute Gasteiger partial charge is 0.466 e. The Bertz CT molecular complexity index is 629. The Morgan fingerprint density at radius 2 is 1.89 bits per heavy atom. The Balaban J connectivity index is 2.15. The Morgan fingerprint density at radius 3 is 2.37 bits per heavy atom. The second-order valence-corrected chi connectivity index (χ2v) is 4.09. The van der Waals surface area contributed by atoms with Crippen molar-refractivity contribution in [2.45, 2.75) is 13.8 Å². The van der Waals surface area contributed by atoms with Crippen LogP contribution in [0, 0.1) is 24.0 Å². The Kier molecular flexibility index (Phi) is 3.33. The summed E-state index contributed by atoms with van der Waals surface area (Å²) in [7, 11) is 0. The van der Waals surface area contributed by atoms with Crippen LogP contribution in [0.15, 0.2) is 34.7 Å². The first-order valence-corrected chi connectivity index (χ1v) is 5.60. The normalized spacial score (nSPS) is 10.2. The first-order valence-electron chi connectivity index (χ1n) is 5.60. The maximum Gasteiger partial charge on any atom is 0.269 e. The van der Waals surface area contributed by atoms with Crippen LogP contribution in [0.1, 0.15) is 21.9 Å². The summed E-state index contributed by atoms with van der Waals surface area (Å²) in [5.41, 5.74) is 0.929. The van der Waals surface area contributed by atoms with Crippen molar-refractivity contribution in [1.82, 2.24) is 0 Å². The van der Waals surface area contributed by atoms with Gasteiger partial charge in [0.15, 0.2) is 0 Å². The number of nitrogens with one attached hydrogen (secondary N) is 1. The fraction of sp³-hybridized carbons (Fsp3) is 0.154. The van der Waals surface area contributed by atoms with Crippen LogP contribution < -0.4 is 5.32 Å². The first-order chi connectivity index (χ1) is 8.97. The van der Waals surface area contributed by atoms with Gasteiger partial charge in [-0.25, -0.2) is 0 Å². The zero-order valence-electron chi connectivity index (χ0n) is 10.5. The second-order valence-electron chi connectivity index (χ2n) is 4.09. The molecule has 0 spiro atoms. The van der Waals surface area contributed by atoms with Gasteiger partial charge >= 0.3 is 0 Å². The fourth-order valence-corrected chi connectivity index (χ4v) is 1.72. The number of non-ortho nitro benzene ring substituents is 1. The molecule has 0 atom stereocenters. The van der Waals surface area contributed by atoms with Crippen molar-refractivity contribution in [3.63, 3.8) is 0 Å². The summed E-state index contributed by atoms with van der Waals surface area (Å²) >= 11 is 0. The van der Waals surface area contributed by atoms with E-state index in [1.807, 2.05) is 0 Å². The van der Waals surface area contributed by atoms with E-state index in [2.05, 4.69) is 5.32 Å². The summed E-state index contributed by atoms with van der Waals surface area (Å²) in [6.07, 6.45) is 0. The average molecular weight is 260 g/mol. The molecule has 0 aliphatic rings. The SMILES string of the molecule is Cc1cc(C(=O)Nc2ccc([N+](=O)[O-])cc2)c(C)o1. The molecule has 1 heterocycles. The number of benzene rings is 1. The minimum Gasteiger partial charge on any atom is -0.466 e. The van der Waals surface area contributed by atoms with Crippen molar-refractivity contribution in [2.24, 2.45) is 0 Å². The summed E-state index contributed by atoms with van der Waals surface area (Å²) < 4.78 is 5.27. The van der Waals surface area contributed by atoms with Crippen molar-refractivity contribution in [3.8, 4) is 0 Å². The van der Waals surface area contributed by atoms with Gasteiger partial charge in [-0.15, -0.1) is 0 Å². The molecule has 1 N–H and O–H groups in total. The zero-order valence-corrected chi connectivity index (χ0v) is 10.5. The topological polar surface area (TPSA) is 85.4 Å². The van der Waals surface area contributed by atoms with Crippen molar-refractivity contribution in [3.05, 3.63) is 57.5 Å². The number of rotatable bonds is 3. The van der Waals surface area contributed by atoms with E-state index in [4.69, 9.17) is 4.42 Å². The van der Waals surface area contributed by atoms with E-state index in [0.717, 1.165) is 0 Å². The molecule has 0 fully saturated rings. The maximum atomic E-state index is 12.0. The number of amides is 1. The summed E-state index contributed by atoms with van der Waals surface area (Å²) in [6, 6.07) is 7.29. The van der Waals surface area contributed by atoms with Crippen LogP contribution in [0.4, 0.5) is 11.4 Å². The second kappa shape index (κ2) is 4.93. The van der Waals surface area contributed by atoms with Gasteiger partial charge in [-0.2, -0.15) is 0 Å². The highest BCUT2D eigenvalue weighted by atomic mass is 16.6. The highest BCUT2D eigenvalue weighted by Gasteiger charge is 2.14. The van der Waals surface area contributed by atoms with E-state index in [9.17, 15) is 14.9 Å². The van der Waals surface area contributed by atoms with Crippen molar-refractivity contribution in [1.29, 1.82) is 0 Å². The molecular weight excluding hydrogens is 248 g/mol. The molecule has 0 saturated heterocycles. The van der Waals surface area contributed by atoms with E-state index in [0.29, 0.717) is 22.8 Å². The fourth-order valence-electron chi connectivity index (χ4n) is 1.72. The third kappa shape index (κ3) is 2.79. The van der Waals surface area contributed by atoms with Crippen molar-refractivity contribution < 1.29 is 14.1 Å². The molecule has 2 rings (SSSR count). The smallest absolute Gasteiger partial charge is 0.269 e. The number of nitro benzene ring substituents is 1. The number of aryl methyl sites for hydroxylation is 2. The summed E-state index contributed by atoms with van der Waals surface area (Å²) in [5, 5.41) is 13.2. The van der Waals surface area contributed by atoms with Gasteiger partial charge in [-0.1, -0.05) is 0 Å². The lowest BCUT2D eigenvalue weighted by atomic mass is 10.2. The van der Waals surface area contributed by atoms with E-state index in [1.165, 1.54) is 24.3 Å². The number of anilines is 1. The minimum absolute atomic E-state index is 0.0201. The van der Waals surface area contributed by atoms with Crippen LogP contribution in [0.2, 0.25) is 0 Å². The summed E-state index contributed by atoms with van der Waals surface area (Å²) in [4.78, 5) is 22.0. The molecule has 0 unspecified atom stereocenters. The number of nitro groups is 1. The van der Waals surface area contributed by atoms with Gasteiger partial charge in [0.2, 0.25) is 0 Å². The average Bonchev–Trinajstić information content (AvgIpc) is 2.69. The van der Waals surface area contributed by atoms with E-state index in [1.54, 1.807) is 19.9 Å². The minimum atomic E-state index is -0.491. The number of furan rings is 1. The summed E-state index contributed by atoms with van der Waals surface area (Å²) in [5.74, 6) is 0.895. The number of hydrogen-bond donors (Lipinski definition) is 1. The van der Waals surface area contributed by atoms with E-state index < -0.39 is 4.92 Å². The molecule has 6 nitrogen and oxygen atoms in total. The van der Waals surface area contributed by atoms with E-state index in [-0.39, 0.29) is 11.6 Å². The summed E-state index contributed by atoms with van der Waals surface area (Å²) in [6.45, 7) is 3.47. The zero-order chi connectivity index (χ0) is 14.0. The van der Waals surface area contributed by atoms with Crippen LogP contribution in [0.5, 0.6) is 0 Å². The highest BCUT2D eigenvalue weighted by Crippen LogP contribution is 2.18. The standard InChI is InChI=1S/C13H12N2O4/c1-8-7-12(9(2)19-8)13(16)14-10-3-5-11(6-4-10)15(17)18/h3-7H,1-2H3,(H,14,16). The molecule has 2 aromatic rings. The number of hydrogen-bond acceptors (Lipinski definition) is 4. The van der Waals surface area contributed by atoms with Crippen LogP contribution in [-0.2, 0) is 0 Å². The molecule has 1 amide bonds. The lowest BCUT2D eigenvalue weighted by molar-refractivity contribution is -0.384. The van der Waals surface area contributed by atoms with Crippen LogP contribution in [-0.4, -0.2) is 10.8 Å². The molecule has 0 aliphatic heterocycles. The number of carbonyl (C=O) groups is 1. The van der Waals surface area contributed by atoms with Gasteiger partial charge in [-0.05, 0) is 32.0 Å². The quantitative estimate of drug-likeness (QED) is 0.678. The van der Waals surface area contributed by atoms with Gasteiger partial charge in [0.05, 0.1) is 10.5 Å². The van der Waals surface area contributed by atoms with Gasteiger partial charge in [-0.3, -0.25) is 14.9 Å². The lowest BCUT2D eigenvalue weighted by Gasteiger charge is -2.03. The van der Waals surface area contributed by atoms with Crippen LogP contribution in [0.3, 0.4) is 0 Å². The molecular formula is C13H12N2O4. The molecule has 19 heavy (non-hydrogen) atoms. The van der Waals surface area contributed by atoms with Gasteiger partial charge in [0, 0.05) is 17.8 Å². The van der Waals surface area contributed by atoms with Crippen molar-refractivity contribution in [2.75, 3.05) is 5.32 Å². The molecule has 0 radical (unpaired) electrons. The molecule has 0 bridgehead atoms. The molecule has 0 saturated carbocycles. The van der Waals surface area contributed by atoms with Crippen LogP contribution in [0.25, 0.3) is 0 Å². The predicted molar refractivity (Wildman–Crippen MR) is 69.2 cm³/mol. The van der Waals surface area contributed by atoms with Crippen LogP contribution >= 0.6 is 0 Å². The first kappa shape index (κ1) is 12.8. The van der Waals surface area contributed by atoms with Crippen molar-refractivity contribution >= 4 is 17.3 Å². The monoisotopic (exact) mass is 260 g/mol. The number of nitrogens with zero attached hydrogens (tertiary/aromatic N) is 1. The third-order valence-corrected chi connectivity index (χ3v) is 2.62. The maximum absolute atomic E-state index is 12.0. The lowest BCUT2D eigenvalue weighted by Crippen LogP contribution is -2.12. The predicted octanol–water partition coefficient (Wildman–Crippen LogP) is 3.06. The molecule has 1 aromatic carbocycles. The molecule has 98 valence electrons. The molecule has 1 aromatic heterocycles. The Hall–Kier alpha value is -2.63. The van der Waals surface area contributed by atoms with Gasteiger partial charge < -0.3 is 9.73 Å². The van der Waals surface area contributed by atoms with Gasteiger partial charge in [0.25, 0.3) is 11.6 Å². The van der Waals surface area contributed by atoms with E-state index >= 15 is 0 Å². The third-order valence-electron chi connectivity index (χ3n) is 2.62. The molecule has 0 aliphatic carbocycles. The number of carbonyl (C=O) groups excluding carboxylic acids is 1. The Morgan fingerprint density at radius 1 is 1.26 bits per heavy atom. The molecule has 6 heteroatoms. The highest BCUT2D eigenvalue weighted by molar-refractivity contribution is 6.05. The van der Waals surface area contributed by atoms with Gasteiger partial charge in [0.1, 0.15) is 11.5 Å². The Labute approximate surface area is 109 Å².